The standard InChI is InChI=1S/C14H19BrN2O2/c1-3-10(2)16-14(19)11-6-4-5-7-12(11)17-13(18)8-9-15/h4-7,10H,3,8-9H2,1-2H3,(H,16,19)(H,17,18). The SMILES string of the molecule is CCC(C)NC(=O)c1ccccc1NC(=O)CCBr. The molecular weight excluding hydrogens is 308 g/mol. The molecular formula is C14H19BrN2O2. The highest BCUT2D eigenvalue weighted by Gasteiger charge is 2.14. The topological polar surface area (TPSA) is 58.2 Å². The Balaban J connectivity index is 2.83. The lowest BCUT2D eigenvalue weighted by Gasteiger charge is -2.14. The summed E-state index contributed by atoms with van der Waals surface area (Å²) in [6.07, 6.45) is 1.24. The zero-order valence-electron chi connectivity index (χ0n) is 11.2. The third kappa shape index (κ3) is 5.03. The largest absolute Gasteiger partial charge is 0.350 e. The van der Waals surface area contributed by atoms with Crippen LogP contribution in [0.15, 0.2) is 24.3 Å². The molecule has 0 heterocycles. The molecule has 0 saturated carbocycles. The Kier molecular flexibility index (Phi) is 6.56. The van der Waals surface area contributed by atoms with Crippen molar-refractivity contribution in [2.75, 3.05) is 10.6 Å². The van der Waals surface area contributed by atoms with E-state index in [0.29, 0.717) is 23.0 Å². The number of benzene rings is 1. The van der Waals surface area contributed by atoms with Crippen LogP contribution in [0.25, 0.3) is 0 Å². The van der Waals surface area contributed by atoms with Crippen molar-refractivity contribution in [1.82, 2.24) is 5.32 Å². The van der Waals surface area contributed by atoms with Crippen LogP contribution in [0.1, 0.15) is 37.0 Å². The van der Waals surface area contributed by atoms with E-state index in [-0.39, 0.29) is 17.9 Å². The third-order valence-corrected chi connectivity index (χ3v) is 3.15. The third-order valence-electron chi connectivity index (χ3n) is 2.76. The van der Waals surface area contributed by atoms with Gasteiger partial charge in [-0.25, -0.2) is 0 Å². The molecule has 104 valence electrons. The molecule has 1 atom stereocenters. The van der Waals surface area contributed by atoms with E-state index in [9.17, 15) is 9.59 Å². The van der Waals surface area contributed by atoms with E-state index in [1.807, 2.05) is 13.8 Å². The van der Waals surface area contributed by atoms with Gasteiger partial charge in [-0.2, -0.15) is 0 Å². The second-order valence-electron chi connectivity index (χ2n) is 4.32. The van der Waals surface area contributed by atoms with Gasteiger partial charge < -0.3 is 10.6 Å². The van der Waals surface area contributed by atoms with Crippen LogP contribution < -0.4 is 10.6 Å². The molecule has 0 radical (unpaired) electrons. The van der Waals surface area contributed by atoms with Gasteiger partial charge in [-0.05, 0) is 25.5 Å². The molecule has 0 fully saturated rings. The number of amides is 2. The summed E-state index contributed by atoms with van der Waals surface area (Å²) in [5, 5.41) is 6.24. The molecule has 1 aromatic rings. The van der Waals surface area contributed by atoms with Crippen LogP contribution in [-0.2, 0) is 4.79 Å². The number of para-hydroxylation sites is 1. The summed E-state index contributed by atoms with van der Waals surface area (Å²) < 4.78 is 0. The summed E-state index contributed by atoms with van der Waals surface area (Å²) in [5.74, 6) is -0.273. The molecule has 0 bridgehead atoms. The van der Waals surface area contributed by atoms with Crippen LogP contribution in [0.2, 0.25) is 0 Å². The lowest BCUT2D eigenvalue weighted by molar-refractivity contribution is -0.115. The van der Waals surface area contributed by atoms with Crippen molar-refractivity contribution < 1.29 is 9.59 Å². The first-order valence-corrected chi connectivity index (χ1v) is 7.46. The number of hydrogen-bond acceptors (Lipinski definition) is 2. The van der Waals surface area contributed by atoms with E-state index in [4.69, 9.17) is 0 Å². The highest BCUT2D eigenvalue weighted by Crippen LogP contribution is 2.15. The number of nitrogens with one attached hydrogen (secondary N) is 2. The molecule has 0 aliphatic carbocycles. The Morgan fingerprint density at radius 2 is 2.00 bits per heavy atom. The highest BCUT2D eigenvalue weighted by atomic mass is 79.9. The molecule has 5 heteroatoms. The lowest BCUT2D eigenvalue weighted by atomic mass is 10.1. The van der Waals surface area contributed by atoms with Gasteiger partial charge in [-0.15, -0.1) is 0 Å². The van der Waals surface area contributed by atoms with Crippen molar-refractivity contribution in [3.8, 4) is 0 Å². The maximum atomic E-state index is 12.1. The smallest absolute Gasteiger partial charge is 0.253 e. The number of halogens is 1. The molecule has 1 unspecified atom stereocenters. The Morgan fingerprint density at radius 3 is 2.63 bits per heavy atom. The Hall–Kier alpha value is -1.36. The zero-order chi connectivity index (χ0) is 14.3. The predicted octanol–water partition coefficient (Wildman–Crippen LogP) is 2.94. The first-order valence-electron chi connectivity index (χ1n) is 6.34. The van der Waals surface area contributed by atoms with E-state index in [0.717, 1.165) is 6.42 Å². The second-order valence-corrected chi connectivity index (χ2v) is 5.11. The van der Waals surface area contributed by atoms with Gasteiger partial charge in [0.15, 0.2) is 0 Å². The van der Waals surface area contributed by atoms with Crippen molar-refractivity contribution >= 4 is 33.4 Å². The van der Waals surface area contributed by atoms with Gasteiger partial charge in [-0.1, -0.05) is 35.0 Å². The second kappa shape index (κ2) is 7.94. The van der Waals surface area contributed by atoms with Crippen LogP contribution in [-0.4, -0.2) is 23.2 Å². The highest BCUT2D eigenvalue weighted by molar-refractivity contribution is 9.09. The number of rotatable bonds is 6. The molecule has 0 aromatic heterocycles. The minimum Gasteiger partial charge on any atom is -0.350 e. The molecule has 2 amide bonds. The van der Waals surface area contributed by atoms with Crippen molar-refractivity contribution in [2.45, 2.75) is 32.7 Å². The molecule has 0 aliphatic rings. The van der Waals surface area contributed by atoms with Crippen LogP contribution in [0, 0.1) is 0 Å². The lowest BCUT2D eigenvalue weighted by Crippen LogP contribution is -2.32. The van der Waals surface area contributed by atoms with Crippen molar-refractivity contribution in [1.29, 1.82) is 0 Å². The monoisotopic (exact) mass is 326 g/mol. The molecule has 4 nitrogen and oxygen atoms in total. The summed E-state index contributed by atoms with van der Waals surface area (Å²) >= 11 is 3.21. The van der Waals surface area contributed by atoms with Gasteiger partial charge in [0.05, 0.1) is 11.3 Å². The van der Waals surface area contributed by atoms with Gasteiger partial charge in [-0.3, -0.25) is 9.59 Å². The van der Waals surface area contributed by atoms with Gasteiger partial charge >= 0.3 is 0 Å². The summed E-state index contributed by atoms with van der Waals surface area (Å²) in [6, 6.07) is 7.13. The van der Waals surface area contributed by atoms with Crippen molar-refractivity contribution in [2.24, 2.45) is 0 Å². The first-order chi connectivity index (χ1) is 9.08. The van der Waals surface area contributed by atoms with Gasteiger partial charge in [0, 0.05) is 17.8 Å². The predicted molar refractivity (Wildman–Crippen MR) is 80.7 cm³/mol. The summed E-state index contributed by atoms with van der Waals surface area (Å²) in [7, 11) is 0. The average Bonchev–Trinajstić information content (AvgIpc) is 2.39. The number of anilines is 1. The van der Waals surface area contributed by atoms with E-state index in [1.165, 1.54) is 0 Å². The minimum absolute atomic E-state index is 0.110. The fourth-order valence-electron chi connectivity index (χ4n) is 1.49. The van der Waals surface area contributed by atoms with Gasteiger partial charge in [0.1, 0.15) is 0 Å². The summed E-state index contributed by atoms with van der Waals surface area (Å²) in [4.78, 5) is 23.7. The van der Waals surface area contributed by atoms with Crippen LogP contribution in [0.3, 0.4) is 0 Å². The van der Waals surface area contributed by atoms with Crippen molar-refractivity contribution in [3.05, 3.63) is 29.8 Å². The van der Waals surface area contributed by atoms with E-state index in [1.54, 1.807) is 24.3 Å². The maximum absolute atomic E-state index is 12.1. The van der Waals surface area contributed by atoms with Gasteiger partial charge in [0.2, 0.25) is 5.91 Å². The van der Waals surface area contributed by atoms with Crippen LogP contribution >= 0.6 is 15.9 Å². The molecule has 0 aliphatic heterocycles. The Bertz CT molecular complexity index is 449. The Labute approximate surface area is 122 Å². The van der Waals surface area contributed by atoms with E-state index in [2.05, 4.69) is 26.6 Å². The van der Waals surface area contributed by atoms with E-state index < -0.39 is 0 Å². The number of carbonyl (C=O) groups is 2. The molecule has 0 saturated heterocycles. The number of carbonyl (C=O) groups excluding carboxylic acids is 2. The molecule has 1 rings (SSSR count). The molecule has 19 heavy (non-hydrogen) atoms. The van der Waals surface area contributed by atoms with Crippen LogP contribution in [0.5, 0.6) is 0 Å². The van der Waals surface area contributed by atoms with Gasteiger partial charge in [0.25, 0.3) is 5.91 Å². The number of alkyl halides is 1. The zero-order valence-corrected chi connectivity index (χ0v) is 12.8. The minimum atomic E-state index is -0.163. The summed E-state index contributed by atoms with van der Waals surface area (Å²) in [5.41, 5.74) is 1.04. The average molecular weight is 327 g/mol. The van der Waals surface area contributed by atoms with Crippen LogP contribution in [0.4, 0.5) is 5.69 Å². The maximum Gasteiger partial charge on any atom is 0.253 e. The molecule has 2 N–H and O–H groups in total. The summed E-state index contributed by atoms with van der Waals surface area (Å²) in [6.45, 7) is 3.96. The first kappa shape index (κ1) is 15.7. The molecule has 0 spiro atoms. The Morgan fingerprint density at radius 1 is 1.32 bits per heavy atom. The fourth-order valence-corrected chi connectivity index (χ4v) is 1.85. The normalized spacial score (nSPS) is 11.7. The fraction of sp³-hybridized carbons (Fsp3) is 0.429. The quantitative estimate of drug-likeness (QED) is 0.789. The van der Waals surface area contributed by atoms with Crippen molar-refractivity contribution in [3.63, 3.8) is 0 Å². The number of hydrogen-bond donors (Lipinski definition) is 2. The van der Waals surface area contributed by atoms with E-state index >= 15 is 0 Å². The molecule has 1 aromatic carbocycles.